The summed E-state index contributed by atoms with van der Waals surface area (Å²) in [6.45, 7) is 15.2. The normalized spacial score (nSPS) is 54.3. The fourth-order valence-corrected chi connectivity index (χ4v) is 13.0. The summed E-state index contributed by atoms with van der Waals surface area (Å²) in [5.41, 5.74) is 2.11. The first kappa shape index (κ1) is 41.2. The number of hydrogen-bond acceptors (Lipinski definition) is 12. The zero-order chi connectivity index (χ0) is 39.4. The second kappa shape index (κ2) is 14.1. The maximum atomic E-state index is 11.6. The molecule has 3 saturated carbocycles. The van der Waals surface area contributed by atoms with Crippen molar-refractivity contribution in [2.45, 2.75) is 174 Å². The Bertz CT molecular complexity index is 1470. The molecule has 0 unspecified atom stereocenters. The summed E-state index contributed by atoms with van der Waals surface area (Å²) >= 11 is 0. The molecule has 0 spiro atoms. The second-order valence-corrected chi connectivity index (χ2v) is 20.2. The van der Waals surface area contributed by atoms with Crippen molar-refractivity contribution in [3.05, 3.63) is 23.3 Å². The van der Waals surface area contributed by atoms with Gasteiger partial charge in [-0.1, -0.05) is 59.3 Å². The van der Waals surface area contributed by atoms with Crippen LogP contribution in [0, 0.1) is 44.3 Å². The number of ether oxygens (including phenoxy) is 4. The van der Waals surface area contributed by atoms with Gasteiger partial charge in [-0.2, -0.15) is 0 Å². The van der Waals surface area contributed by atoms with Gasteiger partial charge in [0.1, 0.15) is 42.7 Å². The molecule has 0 aromatic carbocycles. The highest BCUT2D eigenvalue weighted by molar-refractivity contribution is 5.46. The van der Waals surface area contributed by atoms with Gasteiger partial charge in [-0.25, -0.2) is 0 Å². The Balaban J connectivity index is 1.14. The van der Waals surface area contributed by atoms with Crippen molar-refractivity contribution >= 4 is 0 Å². The van der Waals surface area contributed by atoms with Crippen LogP contribution in [0.5, 0.6) is 0 Å². The van der Waals surface area contributed by atoms with Gasteiger partial charge >= 0.3 is 0 Å². The Hall–Kier alpha value is -1.00. The van der Waals surface area contributed by atoms with Crippen LogP contribution in [0.1, 0.15) is 106 Å². The van der Waals surface area contributed by atoms with E-state index in [-0.39, 0.29) is 52.1 Å². The zero-order valence-corrected chi connectivity index (χ0v) is 33.4. The van der Waals surface area contributed by atoms with Crippen LogP contribution in [0.4, 0.5) is 0 Å². The maximum absolute atomic E-state index is 11.6. The molecule has 5 fully saturated rings. The van der Waals surface area contributed by atoms with E-state index in [1.165, 1.54) is 11.1 Å². The Morgan fingerprint density at radius 3 is 2.07 bits per heavy atom. The minimum Gasteiger partial charge on any atom is -0.396 e. The number of hydrogen-bond donors (Lipinski definition) is 8. The molecule has 12 heteroatoms. The smallest absolute Gasteiger partial charge is 0.187 e. The van der Waals surface area contributed by atoms with Crippen LogP contribution in [-0.4, -0.2) is 128 Å². The Labute approximate surface area is 320 Å². The molecule has 2 heterocycles. The van der Waals surface area contributed by atoms with Gasteiger partial charge in [-0.15, -0.1) is 0 Å². The van der Waals surface area contributed by atoms with E-state index in [1.807, 2.05) is 0 Å². The first-order valence-electron chi connectivity index (χ1n) is 20.5. The van der Waals surface area contributed by atoms with Gasteiger partial charge in [0.15, 0.2) is 12.6 Å². The summed E-state index contributed by atoms with van der Waals surface area (Å²) in [6, 6.07) is 0. The third-order valence-corrected chi connectivity index (χ3v) is 16.8. The van der Waals surface area contributed by atoms with Crippen molar-refractivity contribution < 1.29 is 59.8 Å². The summed E-state index contributed by atoms with van der Waals surface area (Å²) in [6.07, 6.45) is -1.17. The van der Waals surface area contributed by atoms with E-state index in [1.54, 1.807) is 6.92 Å². The summed E-state index contributed by atoms with van der Waals surface area (Å²) < 4.78 is 24.1. The van der Waals surface area contributed by atoms with Gasteiger partial charge in [0.05, 0.1) is 32.0 Å². The van der Waals surface area contributed by atoms with E-state index in [2.05, 4.69) is 53.7 Å². The van der Waals surface area contributed by atoms with Crippen LogP contribution < -0.4 is 0 Å². The molecule has 7 aliphatic rings. The minimum absolute atomic E-state index is 0.0220. The van der Waals surface area contributed by atoms with Crippen LogP contribution >= 0.6 is 0 Å². The average Bonchev–Trinajstić information content (AvgIpc) is 3.13. The highest BCUT2D eigenvalue weighted by Crippen LogP contribution is 2.74. The Kier molecular flexibility index (Phi) is 10.7. The average molecular weight is 765 g/mol. The number of allylic oxidation sites excluding steroid dienone is 3. The molecule has 5 aliphatic carbocycles. The minimum atomic E-state index is -1.71. The molecule has 54 heavy (non-hydrogen) atoms. The number of aliphatic hydroxyl groups is 8. The molecule has 7 rings (SSSR count). The topological polar surface area (TPSA) is 199 Å². The van der Waals surface area contributed by atoms with Gasteiger partial charge in [0.25, 0.3) is 0 Å². The van der Waals surface area contributed by atoms with Crippen molar-refractivity contribution in [1.82, 2.24) is 0 Å². The summed E-state index contributed by atoms with van der Waals surface area (Å²) in [5, 5.41) is 85.6. The maximum Gasteiger partial charge on any atom is 0.187 e. The molecule has 8 N–H and O–H groups in total. The molecule has 0 aromatic heterocycles. The van der Waals surface area contributed by atoms with Crippen molar-refractivity contribution in [3.8, 4) is 0 Å². The lowest BCUT2D eigenvalue weighted by atomic mass is 9.35. The highest BCUT2D eigenvalue weighted by Gasteiger charge is 2.68. The highest BCUT2D eigenvalue weighted by atomic mass is 16.7. The SMILES string of the molecule is C[C@H]1O[C@@H](O[C@H]2CC[C@]3(C)[C@@H](CC[C@]4(C)[C@@H]3C=CC3=C5CC(C)(C)CC[C@]5(CO)CC[C@]34C)[C@]2(C)CO)[C@H](O)[C@@H](O[C@@H]2O[C@H](CO)[C@@H](O)[C@H](O)[C@H]2O)[C@H]1O. The molecule has 0 bridgehead atoms. The fraction of sp³-hybridized carbons (Fsp3) is 0.905. The molecule has 2 aliphatic heterocycles. The van der Waals surface area contributed by atoms with Crippen LogP contribution in [-0.2, 0) is 18.9 Å². The Morgan fingerprint density at radius 1 is 0.722 bits per heavy atom. The van der Waals surface area contributed by atoms with E-state index in [4.69, 9.17) is 18.9 Å². The number of aliphatic hydroxyl groups excluding tert-OH is 8. The van der Waals surface area contributed by atoms with Crippen molar-refractivity contribution in [2.75, 3.05) is 19.8 Å². The lowest BCUT2D eigenvalue weighted by Crippen LogP contribution is -2.66. The third-order valence-electron chi connectivity index (χ3n) is 16.8. The third kappa shape index (κ3) is 5.98. The van der Waals surface area contributed by atoms with E-state index in [9.17, 15) is 40.9 Å². The predicted molar refractivity (Wildman–Crippen MR) is 197 cm³/mol. The molecule has 0 radical (unpaired) electrons. The zero-order valence-electron chi connectivity index (χ0n) is 33.4. The van der Waals surface area contributed by atoms with E-state index in [0.29, 0.717) is 6.42 Å². The second-order valence-electron chi connectivity index (χ2n) is 20.2. The lowest BCUT2D eigenvalue weighted by molar-refractivity contribution is -0.367. The van der Waals surface area contributed by atoms with Crippen molar-refractivity contribution in [2.24, 2.45) is 44.3 Å². The quantitative estimate of drug-likeness (QED) is 0.177. The standard InChI is InChI=1S/C42H68O12/c1-22-29(46)34(54-35-32(49)31(48)30(47)25(19-43)52-35)33(50)36(51-22)53-28-11-12-38(4)26(39(28,5)20-44)10-13-41(7)27(38)9-8-23-24-18-37(2,3)14-16-42(24,21-45)17-15-40(23,41)6/h8-9,22,25-36,43-50H,10-21H2,1-7H3/t22-,25-,26-,27-,28+,29+,30-,31+,32-,33-,34+,35+,36+,38-,39+,40-,41-,42-/m1/s1. The van der Waals surface area contributed by atoms with Gasteiger partial charge in [0, 0.05) is 10.8 Å². The van der Waals surface area contributed by atoms with E-state index < -0.39 is 79.5 Å². The first-order chi connectivity index (χ1) is 25.3. The van der Waals surface area contributed by atoms with E-state index in [0.717, 1.165) is 51.4 Å². The molecule has 0 amide bonds. The lowest BCUT2D eigenvalue weighted by Gasteiger charge is -2.70. The molecular weight excluding hydrogens is 696 g/mol. The number of rotatable bonds is 7. The van der Waals surface area contributed by atoms with Gasteiger partial charge in [0.2, 0.25) is 0 Å². The molecule has 0 aromatic rings. The van der Waals surface area contributed by atoms with Crippen LogP contribution in [0.2, 0.25) is 0 Å². The summed E-state index contributed by atoms with van der Waals surface area (Å²) in [4.78, 5) is 0. The monoisotopic (exact) mass is 764 g/mol. The molecule has 12 nitrogen and oxygen atoms in total. The molecule has 18 atom stereocenters. The van der Waals surface area contributed by atoms with Crippen molar-refractivity contribution in [3.63, 3.8) is 0 Å². The molecular formula is C42H68O12. The first-order valence-corrected chi connectivity index (χ1v) is 20.5. The number of fused-ring (bicyclic) bond motifs is 6. The van der Waals surface area contributed by atoms with Crippen LogP contribution in [0.25, 0.3) is 0 Å². The molecule has 2 saturated heterocycles. The van der Waals surface area contributed by atoms with Gasteiger partial charge < -0.3 is 59.8 Å². The summed E-state index contributed by atoms with van der Waals surface area (Å²) in [7, 11) is 0. The predicted octanol–water partition coefficient (Wildman–Crippen LogP) is 2.71. The van der Waals surface area contributed by atoms with Crippen LogP contribution in [0.3, 0.4) is 0 Å². The summed E-state index contributed by atoms with van der Waals surface area (Å²) in [5.74, 6) is 0.346. The van der Waals surface area contributed by atoms with Gasteiger partial charge in [-0.3, -0.25) is 0 Å². The van der Waals surface area contributed by atoms with Gasteiger partial charge in [-0.05, 0) is 104 Å². The van der Waals surface area contributed by atoms with E-state index >= 15 is 0 Å². The largest absolute Gasteiger partial charge is 0.396 e. The van der Waals surface area contributed by atoms with Crippen molar-refractivity contribution in [1.29, 1.82) is 0 Å². The fourth-order valence-electron chi connectivity index (χ4n) is 13.0. The molecule has 308 valence electrons. The van der Waals surface area contributed by atoms with Crippen LogP contribution in [0.15, 0.2) is 23.3 Å². The Morgan fingerprint density at radius 2 is 1.41 bits per heavy atom.